The van der Waals surface area contributed by atoms with Gasteiger partial charge in [0.15, 0.2) is 11.5 Å². The lowest BCUT2D eigenvalue weighted by Gasteiger charge is -2.10. The molecule has 23 heavy (non-hydrogen) atoms. The van der Waals surface area contributed by atoms with Gasteiger partial charge in [0.05, 0.1) is 14.2 Å². The largest absolute Gasteiger partial charge is 0.493 e. The highest BCUT2D eigenvalue weighted by Crippen LogP contribution is 2.27. The van der Waals surface area contributed by atoms with Gasteiger partial charge in [-0.15, -0.1) is 0 Å². The van der Waals surface area contributed by atoms with Crippen molar-refractivity contribution in [2.24, 2.45) is 0 Å². The summed E-state index contributed by atoms with van der Waals surface area (Å²) in [6.45, 7) is 6.26. The molecule has 2 rings (SSSR count). The van der Waals surface area contributed by atoms with Crippen molar-refractivity contribution in [3.63, 3.8) is 0 Å². The Kier molecular flexibility index (Phi) is 6.48. The highest BCUT2D eigenvalue weighted by molar-refractivity contribution is 5.42. The predicted molar refractivity (Wildman–Crippen MR) is 95.5 cm³/mol. The maximum atomic E-state index is 5.34. The van der Waals surface area contributed by atoms with Crippen molar-refractivity contribution in [3.05, 3.63) is 59.2 Å². The normalized spacial score (nSPS) is 10.8. The van der Waals surface area contributed by atoms with Crippen molar-refractivity contribution in [2.45, 2.75) is 32.7 Å². The summed E-state index contributed by atoms with van der Waals surface area (Å²) < 4.78 is 10.6. The summed E-state index contributed by atoms with van der Waals surface area (Å²) >= 11 is 0. The van der Waals surface area contributed by atoms with Gasteiger partial charge in [0, 0.05) is 6.54 Å². The minimum absolute atomic E-state index is 0.585. The monoisotopic (exact) mass is 313 g/mol. The number of hydrogen-bond acceptors (Lipinski definition) is 3. The second-order valence-electron chi connectivity index (χ2n) is 6.01. The van der Waals surface area contributed by atoms with Crippen LogP contribution in [0.15, 0.2) is 42.5 Å². The van der Waals surface area contributed by atoms with Gasteiger partial charge in [-0.2, -0.15) is 0 Å². The minimum Gasteiger partial charge on any atom is -0.493 e. The number of ether oxygens (including phenoxy) is 2. The van der Waals surface area contributed by atoms with E-state index in [0.717, 1.165) is 31.0 Å². The van der Waals surface area contributed by atoms with Crippen LogP contribution in [-0.2, 0) is 13.0 Å². The molecule has 2 aromatic rings. The second kappa shape index (κ2) is 8.59. The lowest BCUT2D eigenvalue weighted by molar-refractivity contribution is 0.354. The van der Waals surface area contributed by atoms with Crippen LogP contribution in [0, 0.1) is 0 Å². The number of hydrogen-bond donors (Lipinski definition) is 1. The van der Waals surface area contributed by atoms with Crippen LogP contribution in [0.1, 0.15) is 36.5 Å². The summed E-state index contributed by atoms with van der Waals surface area (Å²) in [5.41, 5.74) is 3.95. The Morgan fingerprint density at radius 2 is 1.52 bits per heavy atom. The van der Waals surface area contributed by atoms with E-state index >= 15 is 0 Å². The first-order chi connectivity index (χ1) is 11.1. The van der Waals surface area contributed by atoms with Crippen molar-refractivity contribution in [1.29, 1.82) is 0 Å². The predicted octanol–water partition coefficient (Wildman–Crippen LogP) is 4.16. The van der Waals surface area contributed by atoms with Gasteiger partial charge in [0.2, 0.25) is 0 Å². The maximum Gasteiger partial charge on any atom is 0.160 e. The molecule has 0 heterocycles. The fourth-order valence-electron chi connectivity index (χ4n) is 2.52. The molecule has 0 aliphatic carbocycles. The molecule has 0 aliphatic heterocycles. The minimum atomic E-state index is 0.585. The van der Waals surface area contributed by atoms with E-state index in [-0.39, 0.29) is 0 Å². The third kappa shape index (κ3) is 5.00. The van der Waals surface area contributed by atoms with E-state index in [1.54, 1.807) is 14.2 Å². The smallest absolute Gasteiger partial charge is 0.160 e. The molecule has 2 aromatic carbocycles. The molecule has 0 aromatic heterocycles. The summed E-state index contributed by atoms with van der Waals surface area (Å²) in [6, 6.07) is 14.9. The van der Waals surface area contributed by atoms with Gasteiger partial charge in [-0.3, -0.25) is 0 Å². The quantitative estimate of drug-likeness (QED) is 0.742. The molecule has 1 N–H and O–H groups in total. The molecule has 0 spiro atoms. The third-order valence-corrected chi connectivity index (χ3v) is 4.01. The molecule has 124 valence electrons. The molecule has 0 bridgehead atoms. The van der Waals surface area contributed by atoms with E-state index in [9.17, 15) is 0 Å². The van der Waals surface area contributed by atoms with Crippen molar-refractivity contribution in [1.82, 2.24) is 5.32 Å². The lowest BCUT2D eigenvalue weighted by Crippen LogP contribution is -2.16. The standard InChI is InChI=1S/C20H27NO2/c1-15(2)18-8-5-17(6-9-18)14-21-12-11-16-7-10-19(22-3)20(13-16)23-4/h5-10,13,15,21H,11-12,14H2,1-4H3. The van der Waals surface area contributed by atoms with Gasteiger partial charge in [0.25, 0.3) is 0 Å². The molecule has 0 saturated heterocycles. The van der Waals surface area contributed by atoms with Crippen molar-refractivity contribution < 1.29 is 9.47 Å². The SMILES string of the molecule is COc1ccc(CCNCc2ccc(C(C)C)cc2)cc1OC. The Hall–Kier alpha value is -2.00. The van der Waals surface area contributed by atoms with E-state index in [2.05, 4.69) is 49.5 Å². The Morgan fingerprint density at radius 1 is 0.870 bits per heavy atom. The highest BCUT2D eigenvalue weighted by Gasteiger charge is 2.04. The van der Waals surface area contributed by atoms with Gasteiger partial charge < -0.3 is 14.8 Å². The molecule has 0 radical (unpaired) electrons. The topological polar surface area (TPSA) is 30.5 Å². The van der Waals surface area contributed by atoms with Gasteiger partial charge in [-0.25, -0.2) is 0 Å². The Balaban J connectivity index is 1.81. The Labute approximate surface area is 139 Å². The first-order valence-corrected chi connectivity index (χ1v) is 8.14. The van der Waals surface area contributed by atoms with Crippen LogP contribution in [0.25, 0.3) is 0 Å². The van der Waals surface area contributed by atoms with Crippen molar-refractivity contribution in [3.8, 4) is 11.5 Å². The molecule has 0 saturated carbocycles. The van der Waals surface area contributed by atoms with Crippen LogP contribution in [-0.4, -0.2) is 20.8 Å². The molecule has 3 heteroatoms. The van der Waals surface area contributed by atoms with Gasteiger partial charge in [-0.05, 0) is 47.7 Å². The molecular weight excluding hydrogens is 286 g/mol. The van der Waals surface area contributed by atoms with Crippen LogP contribution in [0.3, 0.4) is 0 Å². The molecular formula is C20H27NO2. The maximum absolute atomic E-state index is 5.34. The molecule has 3 nitrogen and oxygen atoms in total. The van der Waals surface area contributed by atoms with Crippen LogP contribution in [0.5, 0.6) is 11.5 Å². The summed E-state index contributed by atoms with van der Waals surface area (Å²) in [5.74, 6) is 2.14. The zero-order valence-corrected chi connectivity index (χ0v) is 14.6. The molecule has 0 amide bonds. The summed E-state index contributed by atoms with van der Waals surface area (Å²) in [5, 5.41) is 3.49. The van der Waals surface area contributed by atoms with E-state index in [4.69, 9.17) is 9.47 Å². The molecule has 0 atom stereocenters. The zero-order valence-electron chi connectivity index (χ0n) is 14.6. The number of benzene rings is 2. The first kappa shape index (κ1) is 17.4. The van der Waals surface area contributed by atoms with E-state index in [1.165, 1.54) is 16.7 Å². The Morgan fingerprint density at radius 3 is 2.13 bits per heavy atom. The Bertz CT molecular complexity index is 606. The van der Waals surface area contributed by atoms with Gasteiger partial charge in [0.1, 0.15) is 0 Å². The van der Waals surface area contributed by atoms with Crippen LogP contribution >= 0.6 is 0 Å². The summed E-state index contributed by atoms with van der Waals surface area (Å²) in [4.78, 5) is 0. The average molecular weight is 313 g/mol. The molecule has 0 fully saturated rings. The van der Waals surface area contributed by atoms with Crippen LogP contribution < -0.4 is 14.8 Å². The molecule has 0 aliphatic rings. The fourth-order valence-corrected chi connectivity index (χ4v) is 2.52. The molecule has 0 unspecified atom stereocenters. The number of rotatable bonds is 8. The first-order valence-electron chi connectivity index (χ1n) is 8.14. The zero-order chi connectivity index (χ0) is 16.7. The van der Waals surface area contributed by atoms with Crippen LogP contribution in [0.4, 0.5) is 0 Å². The van der Waals surface area contributed by atoms with Crippen LogP contribution in [0.2, 0.25) is 0 Å². The van der Waals surface area contributed by atoms with E-state index < -0.39 is 0 Å². The average Bonchev–Trinajstić information content (AvgIpc) is 2.58. The van der Waals surface area contributed by atoms with E-state index in [0.29, 0.717) is 5.92 Å². The summed E-state index contributed by atoms with van der Waals surface area (Å²) in [7, 11) is 3.32. The fraction of sp³-hybridized carbons (Fsp3) is 0.400. The second-order valence-corrected chi connectivity index (χ2v) is 6.01. The van der Waals surface area contributed by atoms with E-state index in [1.807, 2.05) is 12.1 Å². The lowest BCUT2D eigenvalue weighted by atomic mass is 10.0. The van der Waals surface area contributed by atoms with Gasteiger partial charge in [-0.1, -0.05) is 44.2 Å². The van der Waals surface area contributed by atoms with Gasteiger partial charge >= 0.3 is 0 Å². The van der Waals surface area contributed by atoms with Crippen molar-refractivity contribution in [2.75, 3.05) is 20.8 Å². The van der Waals surface area contributed by atoms with Crippen molar-refractivity contribution >= 4 is 0 Å². The highest BCUT2D eigenvalue weighted by atomic mass is 16.5. The number of nitrogens with one attached hydrogen (secondary N) is 1. The number of methoxy groups -OCH3 is 2. The third-order valence-electron chi connectivity index (χ3n) is 4.01. The summed E-state index contributed by atoms with van der Waals surface area (Å²) in [6.07, 6.45) is 0.963.